The minimum atomic E-state index is -0.436. The number of pyridine rings is 1. The first kappa shape index (κ1) is 25.4. The summed E-state index contributed by atoms with van der Waals surface area (Å²) in [7, 11) is 0. The van der Waals surface area contributed by atoms with E-state index in [0.29, 0.717) is 37.6 Å². The minimum absolute atomic E-state index is 0.0736. The summed E-state index contributed by atoms with van der Waals surface area (Å²) in [5.74, 6) is -0.644. The standard InChI is InChI=1S/C21H24N6O3.C6H4F2/c1-2-30-21(29)17-13-25-9-10-26(14-19(25)23-17)20(28)16-12-22-27-8-5-15(11-18(16)27)24-6-3-4-7-24;7-5-1-2-6(8)4-3-5/h5,8,11-13H,2-4,6-7,9-10,14H2,1H3;1-4H. The number of benzene rings is 1. The van der Waals surface area contributed by atoms with Gasteiger partial charge < -0.3 is 19.1 Å². The van der Waals surface area contributed by atoms with Crippen LogP contribution in [0.1, 0.15) is 46.4 Å². The van der Waals surface area contributed by atoms with Crippen molar-refractivity contribution in [3.8, 4) is 0 Å². The Labute approximate surface area is 218 Å². The molecule has 9 nitrogen and oxygen atoms in total. The summed E-state index contributed by atoms with van der Waals surface area (Å²) in [6.45, 7) is 5.65. The van der Waals surface area contributed by atoms with Crippen LogP contribution in [-0.2, 0) is 17.8 Å². The zero-order chi connectivity index (χ0) is 26.6. The molecule has 2 aliphatic heterocycles. The molecule has 0 unspecified atom stereocenters. The Morgan fingerprint density at radius 3 is 2.39 bits per heavy atom. The number of carbonyl (C=O) groups excluding carboxylic acids is 2. The zero-order valence-corrected chi connectivity index (χ0v) is 21.0. The topological polar surface area (TPSA) is 85.0 Å². The zero-order valence-electron chi connectivity index (χ0n) is 21.0. The maximum Gasteiger partial charge on any atom is 0.358 e. The van der Waals surface area contributed by atoms with Crippen molar-refractivity contribution in [2.24, 2.45) is 0 Å². The molecule has 11 heteroatoms. The molecule has 6 rings (SSSR count). The molecule has 1 saturated heterocycles. The van der Waals surface area contributed by atoms with E-state index < -0.39 is 17.6 Å². The molecule has 1 fully saturated rings. The molecule has 0 bridgehead atoms. The smallest absolute Gasteiger partial charge is 0.358 e. The van der Waals surface area contributed by atoms with Gasteiger partial charge in [0.15, 0.2) is 5.69 Å². The number of rotatable bonds is 4. The molecule has 5 heterocycles. The third kappa shape index (κ3) is 5.36. The molecule has 0 N–H and O–H groups in total. The van der Waals surface area contributed by atoms with Gasteiger partial charge in [0.1, 0.15) is 17.5 Å². The Hall–Kier alpha value is -4.28. The predicted octanol–water partition coefficient (Wildman–Crippen LogP) is 3.93. The van der Waals surface area contributed by atoms with Gasteiger partial charge >= 0.3 is 5.97 Å². The van der Waals surface area contributed by atoms with Crippen LogP contribution in [0.2, 0.25) is 0 Å². The number of carbonyl (C=O) groups is 2. The van der Waals surface area contributed by atoms with Gasteiger partial charge in [-0.25, -0.2) is 23.1 Å². The maximum atomic E-state index is 13.3. The second-order valence-electron chi connectivity index (χ2n) is 9.09. The highest BCUT2D eigenvalue weighted by atomic mass is 19.1. The van der Waals surface area contributed by atoms with Crippen molar-refractivity contribution in [3.63, 3.8) is 0 Å². The molecule has 0 saturated carbocycles. The van der Waals surface area contributed by atoms with Gasteiger partial charge in [0.25, 0.3) is 5.91 Å². The van der Waals surface area contributed by atoms with Crippen molar-refractivity contribution < 1.29 is 23.1 Å². The van der Waals surface area contributed by atoms with Crippen molar-refractivity contribution in [3.05, 3.63) is 83.7 Å². The highest BCUT2D eigenvalue weighted by molar-refractivity contribution is 6.01. The van der Waals surface area contributed by atoms with Crippen molar-refractivity contribution in [1.29, 1.82) is 0 Å². The quantitative estimate of drug-likeness (QED) is 0.378. The molecule has 4 aromatic rings. The van der Waals surface area contributed by atoms with Gasteiger partial charge in [0.2, 0.25) is 0 Å². The SMILES string of the molecule is CCOC(=O)c1cn2c(n1)CN(C(=O)c1cnn3ccc(N4CCCC4)cc13)CC2.Fc1ccc(F)cc1. The lowest BCUT2D eigenvalue weighted by molar-refractivity contribution is 0.0519. The van der Waals surface area contributed by atoms with E-state index >= 15 is 0 Å². The number of imidazole rings is 1. The number of fused-ring (bicyclic) bond motifs is 2. The number of hydrogen-bond donors (Lipinski definition) is 0. The molecule has 2 aliphatic rings. The molecule has 3 aromatic heterocycles. The minimum Gasteiger partial charge on any atom is -0.461 e. The van der Waals surface area contributed by atoms with E-state index in [2.05, 4.69) is 21.0 Å². The summed E-state index contributed by atoms with van der Waals surface area (Å²) >= 11 is 0. The van der Waals surface area contributed by atoms with Crippen LogP contribution in [0.3, 0.4) is 0 Å². The summed E-state index contributed by atoms with van der Waals surface area (Å²) < 4.78 is 32.5. The van der Waals surface area contributed by atoms with Crippen LogP contribution < -0.4 is 4.90 Å². The number of nitrogens with zero attached hydrogens (tertiary/aromatic N) is 6. The van der Waals surface area contributed by atoms with Crippen molar-refractivity contribution in [2.75, 3.05) is 31.1 Å². The first-order valence-corrected chi connectivity index (χ1v) is 12.6. The average molecular weight is 523 g/mol. The summed E-state index contributed by atoms with van der Waals surface area (Å²) in [4.78, 5) is 33.7. The summed E-state index contributed by atoms with van der Waals surface area (Å²) in [5.41, 5.74) is 2.81. The van der Waals surface area contributed by atoms with Gasteiger partial charge in [0, 0.05) is 44.3 Å². The van der Waals surface area contributed by atoms with Gasteiger partial charge in [-0.15, -0.1) is 0 Å². The third-order valence-electron chi connectivity index (χ3n) is 6.58. The summed E-state index contributed by atoms with van der Waals surface area (Å²) in [6.07, 6.45) is 7.65. The van der Waals surface area contributed by atoms with E-state index in [0.717, 1.165) is 48.6 Å². The Morgan fingerprint density at radius 2 is 1.71 bits per heavy atom. The Morgan fingerprint density at radius 1 is 1.00 bits per heavy atom. The lowest BCUT2D eigenvalue weighted by Gasteiger charge is -2.27. The molecular weight excluding hydrogens is 494 g/mol. The fraction of sp³-hybridized carbons (Fsp3) is 0.333. The molecule has 1 aromatic carbocycles. The van der Waals surface area contributed by atoms with Gasteiger partial charge in [-0.2, -0.15) is 5.10 Å². The average Bonchev–Trinajstić information content (AvgIpc) is 3.69. The van der Waals surface area contributed by atoms with E-state index in [9.17, 15) is 18.4 Å². The van der Waals surface area contributed by atoms with E-state index in [1.165, 1.54) is 12.8 Å². The number of hydrogen-bond acceptors (Lipinski definition) is 6. The molecular formula is C27H28F2N6O3. The Balaban J connectivity index is 0.000000316. The second kappa shape index (κ2) is 11.0. The Kier molecular flexibility index (Phi) is 7.34. The Bertz CT molecular complexity index is 1420. The third-order valence-corrected chi connectivity index (χ3v) is 6.58. The van der Waals surface area contributed by atoms with E-state index in [-0.39, 0.29) is 11.6 Å². The summed E-state index contributed by atoms with van der Waals surface area (Å²) in [6, 6.07) is 8.42. The fourth-order valence-electron chi connectivity index (χ4n) is 4.64. The molecule has 0 aliphatic carbocycles. The summed E-state index contributed by atoms with van der Waals surface area (Å²) in [5, 5.41) is 4.36. The highest BCUT2D eigenvalue weighted by Crippen LogP contribution is 2.25. The molecule has 198 valence electrons. The number of esters is 1. The number of aromatic nitrogens is 4. The van der Waals surface area contributed by atoms with Crippen LogP contribution in [0.5, 0.6) is 0 Å². The van der Waals surface area contributed by atoms with Gasteiger partial charge in [-0.05, 0) is 56.2 Å². The largest absolute Gasteiger partial charge is 0.461 e. The fourth-order valence-corrected chi connectivity index (χ4v) is 4.64. The molecule has 0 spiro atoms. The first-order valence-electron chi connectivity index (χ1n) is 12.6. The lowest BCUT2D eigenvalue weighted by Crippen LogP contribution is -2.38. The maximum absolute atomic E-state index is 13.3. The van der Waals surface area contributed by atoms with Crippen LogP contribution >= 0.6 is 0 Å². The van der Waals surface area contributed by atoms with E-state index in [1.807, 2.05) is 16.8 Å². The van der Waals surface area contributed by atoms with Crippen LogP contribution in [-0.4, -0.2) is 62.2 Å². The van der Waals surface area contributed by atoms with Gasteiger partial charge in [-0.1, -0.05) is 0 Å². The molecule has 0 radical (unpaired) electrons. The first-order chi connectivity index (χ1) is 18.4. The predicted molar refractivity (Wildman–Crippen MR) is 136 cm³/mol. The van der Waals surface area contributed by atoms with Crippen LogP contribution in [0, 0.1) is 11.6 Å². The van der Waals surface area contributed by atoms with E-state index in [4.69, 9.17) is 4.74 Å². The van der Waals surface area contributed by atoms with Crippen molar-refractivity contribution >= 4 is 23.1 Å². The molecule has 0 atom stereocenters. The number of ether oxygens (including phenoxy) is 1. The highest BCUT2D eigenvalue weighted by Gasteiger charge is 2.27. The molecule has 1 amide bonds. The lowest BCUT2D eigenvalue weighted by atomic mass is 10.2. The van der Waals surface area contributed by atoms with Gasteiger partial charge in [0.05, 0.1) is 30.4 Å². The van der Waals surface area contributed by atoms with Crippen LogP contribution in [0.15, 0.2) is 55.0 Å². The number of halogens is 2. The van der Waals surface area contributed by atoms with Crippen LogP contribution in [0.25, 0.3) is 5.52 Å². The van der Waals surface area contributed by atoms with Crippen molar-refractivity contribution in [1.82, 2.24) is 24.1 Å². The van der Waals surface area contributed by atoms with Gasteiger partial charge in [-0.3, -0.25) is 4.79 Å². The van der Waals surface area contributed by atoms with Crippen molar-refractivity contribution in [2.45, 2.75) is 32.9 Å². The molecule has 38 heavy (non-hydrogen) atoms. The monoisotopic (exact) mass is 522 g/mol. The second-order valence-corrected chi connectivity index (χ2v) is 9.09. The number of anilines is 1. The normalized spacial score (nSPS) is 14.7. The van der Waals surface area contributed by atoms with Crippen LogP contribution in [0.4, 0.5) is 14.5 Å². The number of amides is 1. The van der Waals surface area contributed by atoms with E-state index in [1.54, 1.807) is 28.7 Å².